The molecular formula is C11H23ClO3. The summed E-state index contributed by atoms with van der Waals surface area (Å²) in [6.45, 7) is 11.6. The third-order valence-corrected chi connectivity index (χ3v) is 1.74. The van der Waals surface area contributed by atoms with Gasteiger partial charge in [0.15, 0.2) is 0 Å². The summed E-state index contributed by atoms with van der Waals surface area (Å²) in [5, 5.41) is 0. The van der Waals surface area contributed by atoms with Gasteiger partial charge in [-0.25, -0.2) is 0 Å². The van der Waals surface area contributed by atoms with Gasteiger partial charge in [0.2, 0.25) is 0 Å². The largest absolute Gasteiger partial charge is 0.324 e. The van der Waals surface area contributed by atoms with E-state index in [4.69, 9.17) is 25.8 Å². The summed E-state index contributed by atoms with van der Waals surface area (Å²) in [6, 6.07) is 0. The van der Waals surface area contributed by atoms with Gasteiger partial charge in [-0.3, -0.25) is 0 Å². The number of halogens is 1. The van der Waals surface area contributed by atoms with Gasteiger partial charge >= 0.3 is 0 Å². The normalized spacial score (nSPS) is 13.2. The van der Waals surface area contributed by atoms with E-state index < -0.39 is 5.97 Å². The van der Waals surface area contributed by atoms with Crippen LogP contribution < -0.4 is 0 Å². The minimum Gasteiger partial charge on any atom is -0.324 e. The Morgan fingerprint density at radius 2 is 1.07 bits per heavy atom. The van der Waals surface area contributed by atoms with Crippen LogP contribution in [0.2, 0.25) is 0 Å². The van der Waals surface area contributed by atoms with Gasteiger partial charge in [-0.1, -0.05) is 0 Å². The Balaban J connectivity index is 4.59. The summed E-state index contributed by atoms with van der Waals surface area (Å²) < 4.78 is 16.9. The van der Waals surface area contributed by atoms with E-state index >= 15 is 0 Å². The topological polar surface area (TPSA) is 27.7 Å². The molecule has 4 heteroatoms. The molecule has 0 bridgehead atoms. The quantitative estimate of drug-likeness (QED) is 0.504. The monoisotopic (exact) mass is 238 g/mol. The fourth-order valence-corrected chi connectivity index (χ4v) is 1.44. The average molecular weight is 239 g/mol. The molecule has 0 unspecified atom stereocenters. The van der Waals surface area contributed by atoms with E-state index in [1.807, 2.05) is 41.5 Å². The minimum absolute atomic E-state index is 0.00116. The first-order valence-corrected chi connectivity index (χ1v) is 5.94. The number of hydrogen-bond donors (Lipinski definition) is 0. The molecule has 92 valence electrons. The van der Waals surface area contributed by atoms with Crippen molar-refractivity contribution in [3.05, 3.63) is 0 Å². The predicted molar refractivity (Wildman–Crippen MR) is 62.1 cm³/mol. The lowest BCUT2D eigenvalue weighted by Crippen LogP contribution is -2.46. The molecule has 0 aromatic carbocycles. The van der Waals surface area contributed by atoms with Gasteiger partial charge in [-0.2, -0.15) is 0 Å². The summed E-state index contributed by atoms with van der Waals surface area (Å²) in [6.07, 6.45) is 0.00347. The minimum atomic E-state index is -1.13. The van der Waals surface area contributed by atoms with E-state index in [2.05, 4.69) is 0 Å². The Hall–Kier alpha value is 0.170. The van der Waals surface area contributed by atoms with E-state index in [1.165, 1.54) is 0 Å². The van der Waals surface area contributed by atoms with Crippen molar-refractivity contribution in [2.75, 3.05) is 5.88 Å². The van der Waals surface area contributed by atoms with E-state index in [-0.39, 0.29) is 24.2 Å². The third kappa shape index (κ3) is 6.36. The van der Waals surface area contributed by atoms with Crippen molar-refractivity contribution in [1.29, 1.82) is 0 Å². The van der Waals surface area contributed by atoms with Crippen LogP contribution in [-0.4, -0.2) is 30.2 Å². The molecular weight excluding hydrogens is 216 g/mol. The number of ether oxygens (including phenoxy) is 3. The smallest absolute Gasteiger partial charge is 0.298 e. The fraction of sp³-hybridized carbons (Fsp3) is 1.00. The van der Waals surface area contributed by atoms with Gasteiger partial charge in [0, 0.05) is 0 Å². The average Bonchev–Trinajstić information content (AvgIpc) is 1.99. The standard InChI is InChI=1S/C11H23ClO3/c1-8(2)13-11(7-12,14-9(3)4)15-10(5)6/h8-10H,7H2,1-6H3. The van der Waals surface area contributed by atoms with Crippen LogP contribution in [0, 0.1) is 0 Å². The maximum Gasteiger partial charge on any atom is 0.298 e. The molecule has 0 fully saturated rings. The number of rotatable bonds is 7. The first kappa shape index (κ1) is 15.2. The second kappa shape index (κ2) is 6.69. The third-order valence-electron chi connectivity index (χ3n) is 1.41. The van der Waals surface area contributed by atoms with E-state index in [0.717, 1.165) is 0 Å². The van der Waals surface area contributed by atoms with Gasteiger partial charge in [0.1, 0.15) is 5.88 Å². The highest BCUT2D eigenvalue weighted by molar-refractivity contribution is 6.18. The molecule has 0 aromatic heterocycles. The lowest BCUT2D eigenvalue weighted by molar-refractivity contribution is -0.396. The second-order valence-electron chi connectivity index (χ2n) is 4.32. The van der Waals surface area contributed by atoms with Crippen LogP contribution in [0.15, 0.2) is 0 Å². The summed E-state index contributed by atoms with van der Waals surface area (Å²) >= 11 is 5.88. The molecule has 0 heterocycles. The van der Waals surface area contributed by atoms with Crippen LogP contribution in [0.1, 0.15) is 41.5 Å². The highest BCUT2D eigenvalue weighted by atomic mass is 35.5. The van der Waals surface area contributed by atoms with Crippen molar-refractivity contribution in [2.24, 2.45) is 0 Å². The molecule has 0 amide bonds. The molecule has 15 heavy (non-hydrogen) atoms. The summed E-state index contributed by atoms with van der Waals surface area (Å²) in [5.41, 5.74) is 0. The van der Waals surface area contributed by atoms with Gasteiger partial charge in [0.05, 0.1) is 18.3 Å². The summed E-state index contributed by atoms with van der Waals surface area (Å²) in [4.78, 5) is 0. The van der Waals surface area contributed by atoms with Crippen LogP contribution in [-0.2, 0) is 14.2 Å². The lowest BCUT2D eigenvalue weighted by Gasteiger charge is -2.36. The molecule has 0 rings (SSSR count). The van der Waals surface area contributed by atoms with Gasteiger partial charge in [-0.05, 0) is 41.5 Å². The Morgan fingerprint density at radius 1 is 0.800 bits per heavy atom. The Bertz CT molecular complexity index is 143. The maximum atomic E-state index is 5.88. The molecule has 0 aromatic rings. The molecule has 0 radical (unpaired) electrons. The Labute approximate surface area is 98.0 Å². The molecule has 0 saturated carbocycles. The van der Waals surface area contributed by atoms with Crippen LogP contribution >= 0.6 is 11.6 Å². The lowest BCUT2D eigenvalue weighted by atomic mass is 10.4. The van der Waals surface area contributed by atoms with E-state index in [1.54, 1.807) is 0 Å². The van der Waals surface area contributed by atoms with E-state index in [0.29, 0.717) is 0 Å². The van der Waals surface area contributed by atoms with Crippen molar-refractivity contribution in [2.45, 2.75) is 65.8 Å². The summed E-state index contributed by atoms with van der Waals surface area (Å²) in [7, 11) is 0. The van der Waals surface area contributed by atoms with Crippen molar-refractivity contribution in [1.82, 2.24) is 0 Å². The molecule has 0 aliphatic heterocycles. The second-order valence-corrected chi connectivity index (χ2v) is 4.58. The predicted octanol–water partition coefficient (Wildman–Crippen LogP) is 3.15. The Morgan fingerprint density at radius 3 is 1.20 bits per heavy atom. The molecule has 0 atom stereocenters. The molecule has 0 N–H and O–H groups in total. The van der Waals surface area contributed by atoms with Crippen LogP contribution in [0.3, 0.4) is 0 Å². The summed E-state index contributed by atoms with van der Waals surface area (Å²) in [5.74, 6) is -0.973. The van der Waals surface area contributed by atoms with Crippen molar-refractivity contribution in [3.63, 3.8) is 0 Å². The first-order valence-electron chi connectivity index (χ1n) is 5.40. The van der Waals surface area contributed by atoms with Crippen molar-refractivity contribution >= 4 is 11.6 Å². The molecule has 0 aliphatic rings. The molecule has 0 aliphatic carbocycles. The zero-order chi connectivity index (χ0) is 12.1. The zero-order valence-electron chi connectivity index (χ0n) is 10.5. The molecule has 0 saturated heterocycles. The highest BCUT2D eigenvalue weighted by Gasteiger charge is 2.36. The van der Waals surface area contributed by atoms with Crippen LogP contribution in [0.4, 0.5) is 0 Å². The van der Waals surface area contributed by atoms with Crippen LogP contribution in [0.25, 0.3) is 0 Å². The maximum absolute atomic E-state index is 5.88. The number of hydrogen-bond acceptors (Lipinski definition) is 3. The SMILES string of the molecule is CC(C)OC(CCl)(OC(C)C)OC(C)C. The van der Waals surface area contributed by atoms with Gasteiger partial charge in [0.25, 0.3) is 5.97 Å². The molecule has 3 nitrogen and oxygen atoms in total. The van der Waals surface area contributed by atoms with Gasteiger partial charge < -0.3 is 14.2 Å². The Kier molecular flexibility index (Phi) is 6.76. The molecule has 0 spiro atoms. The zero-order valence-corrected chi connectivity index (χ0v) is 11.3. The van der Waals surface area contributed by atoms with Crippen molar-refractivity contribution in [3.8, 4) is 0 Å². The first-order chi connectivity index (χ1) is 6.81. The van der Waals surface area contributed by atoms with E-state index in [9.17, 15) is 0 Å². The van der Waals surface area contributed by atoms with Gasteiger partial charge in [-0.15, -0.1) is 11.6 Å². The fourth-order valence-electron chi connectivity index (χ4n) is 1.26. The van der Waals surface area contributed by atoms with Crippen molar-refractivity contribution < 1.29 is 14.2 Å². The van der Waals surface area contributed by atoms with Crippen LogP contribution in [0.5, 0.6) is 0 Å². The highest BCUT2D eigenvalue weighted by Crippen LogP contribution is 2.23. The number of alkyl halides is 1.